The third-order valence-corrected chi connectivity index (χ3v) is 2.76. The van der Waals surface area contributed by atoms with Crippen LogP contribution in [-0.4, -0.2) is 11.4 Å². The standard InChI is InChI=1S/C12H10BrNO2/c1-8-6-9(13)2-4-11(8)12-5-3-10(16-12)7-14-15/h2-7,15H,1H3/b14-7+. The van der Waals surface area contributed by atoms with Crippen LogP contribution in [0.1, 0.15) is 11.3 Å². The lowest BCUT2D eigenvalue weighted by Gasteiger charge is -2.02. The van der Waals surface area contributed by atoms with Gasteiger partial charge in [-0.3, -0.25) is 0 Å². The first-order valence-electron chi connectivity index (χ1n) is 4.74. The molecule has 0 radical (unpaired) electrons. The molecule has 1 aromatic carbocycles. The molecule has 0 fully saturated rings. The monoisotopic (exact) mass is 279 g/mol. The van der Waals surface area contributed by atoms with Gasteiger partial charge in [-0.15, -0.1) is 0 Å². The van der Waals surface area contributed by atoms with Crippen LogP contribution in [0.2, 0.25) is 0 Å². The first kappa shape index (κ1) is 11.0. The van der Waals surface area contributed by atoms with Crippen molar-refractivity contribution in [2.24, 2.45) is 5.16 Å². The molecule has 1 N–H and O–H groups in total. The minimum absolute atomic E-state index is 0.528. The maximum absolute atomic E-state index is 8.39. The van der Waals surface area contributed by atoms with Crippen molar-refractivity contribution >= 4 is 22.1 Å². The molecule has 0 aliphatic heterocycles. The Kier molecular flexibility index (Phi) is 3.10. The van der Waals surface area contributed by atoms with Crippen LogP contribution in [0.5, 0.6) is 0 Å². The van der Waals surface area contributed by atoms with Crippen molar-refractivity contribution in [1.82, 2.24) is 0 Å². The number of oxime groups is 1. The van der Waals surface area contributed by atoms with Gasteiger partial charge in [0.25, 0.3) is 0 Å². The molecule has 1 heterocycles. The minimum atomic E-state index is 0.528. The van der Waals surface area contributed by atoms with Crippen LogP contribution >= 0.6 is 15.9 Å². The van der Waals surface area contributed by atoms with E-state index in [-0.39, 0.29) is 0 Å². The van der Waals surface area contributed by atoms with Gasteiger partial charge in [0, 0.05) is 10.0 Å². The second-order valence-corrected chi connectivity index (χ2v) is 4.32. The van der Waals surface area contributed by atoms with Crippen molar-refractivity contribution in [3.8, 4) is 11.3 Å². The fourth-order valence-corrected chi connectivity index (χ4v) is 2.00. The van der Waals surface area contributed by atoms with Gasteiger partial charge >= 0.3 is 0 Å². The first-order chi connectivity index (χ1) is 7.70. The Morgan fingerprint density at radius 3 is 2.81 bits per heavy atom. The van der Waals surface area contributed by atoms with Crippen LogP contribution in [0.15, 0.2) is 44.4 Å². The number of benzene rings is 1. The zero-order chi connectivity index (χ0) is 11.5. The van der Waals surface area contributed by atoms with Crippen molar-refractivity contribution in [2.45, 2.75) is 6.92 Å². The van der Waals surface area contributed by atoms with Gasteiger partial charge in [0.05, 0.1) is 0 Å². The van der Waals surface area contributed by atoms with Crippen LogP contribution in [0.3, 0.4) is 0 Å². The van der Waals surface area contributed by atoms with E-state index < -0.39 is 0 Å². The number of halogens is 1. The molecule has 0 aliphatic rings. The quantitative estimate of drug-likeness (QED) is 0.516. The molecule has 0 bridgehead atoms. The molecule has 0 atom stereocenters. The number of hydrogen-bond acceptors (Lipinski definition) is 3. The fraction of sp³-hybridized carbons (Fsp3) is 0.0833. The lowest BCUT2D eigenvalue weighted by atomic mass is 10.1. The third kappa shape index (κ3) is 2.17. The first-order valence-corrected chi connectivity index (χ1v) is 5.54. The third-order valence-electron chi connectivity index (χ3n) is 2.27. The van der Waals surface area contributed by atoms with Crippen molar-refractivity contribution in [1.29, 1.82) is 0 Å². The molecule has 4 heteroatoms. The van der Waals surface area contributed by atoms with E-state index >= 15 is 0 Å². The summed E-state index contributed by atoms with van der Waals surface area (Å²) in [7, 11) is 0. The molecule has 16 heavy (non-hydrogen) atoms. The average molecular weight is 280 g/mol. The van der Waals surface area contributed by atoms with E-state index in [0.717, 1.165) is 21.4 Å². The summed E-state index contributed by atoms with van der Waals surface area (Å²) in [6, 6.07) is 9.59. The highest BCUT2D eigenvalue weighted by Crippen LogP contribution is 2.27. The second-order valence-electron chi connectivity index (χ2n) is 3.41. The molecule has 2 rings (SSSR count). The summed E-state index contributed by atoms with van der Waals surface area (Å²) in [5.74, 6) is 1.29. The van der Waals surface area contributed by atoms with E-state index in [4.69, 9.17) is 9.62 Å². The summed E-state index contributed by atoms with van der Waals surface area (Å²) in [4.78, 5) is 0. The topological polar surface area (TPSA) is 45.7 Å². The van der Waals surface area contributed by atoms with Crippen molar-refractivity contribution in [3.05, 3.63) is 46.1 Å². The highest BCUT2D eigenvalue weighted by molar-refractivity contribution is 9.10. The van der Waals surface area contributed by atoms with Crippen LogP contribution in [-0.2, 0) is 0 Å². The highest BCUT2D eigenvalue weighted by Gasteiger charge is 2.06. The summed E-state index contributed by atoms with van der Waals surface area (Å²) < 4.78 is 6.55. The average Bonchev–Trinajstić information content (AvgIpc) is 2.67. The molecule has 0 aliphatic carbocycles. The fourth-order valence-electron chi connectivity index (χ4n) is 1.53. The Bertz CT molecular complexity index is 532. The Labute approximate surface area is 102 Å². The van der Waals surface area contributed by atoms with Crippen molar-refractivity contribution in [2.75, 3.05) is 0 Å². The van der Waals surface area contributed by atoms with Gasteiger partial charge in [-0.05, 0) is 42.8 Å². The minimum Gasteiger partial charge on any atom is -0.455 e. The van der Waals surface area contributed by atoms with Gasteiger partial charge in [0.1, 0.15) is 17.7 Å². The van der Waals surface area contributed by atoms with E-state index in [1.165, 1.54) is 6.21 Å². The van der Waals surface area contributed by atoms with Gasteiger partial charge < -0.3 is 9.62 Å². The molecule has 3 nitrogen and oxygen atoms in total. The number of furan rings is 1. The summed E-state index contributed by atoms with van der Waals surface area (Å²) in [6.07, 6.45) is 1.26. The molecule has 82 valence electrons. The number of rotatable bonds is 2. The van der Waals surface area contributed by atoms with Gasteiger partial charge in [0.2, 0.25) is 0 Å². The number of nitrogens with zero attached hydrogens (tertiary/aromatic N) is 1. The number of aryl methyl sites for hydroxylation is 1. The van der Waals surface area contributed by atoms with E-state index in [1.54, 1.807) is 6.07 Å². The Hall–Kier alpha value is -1.55. The van der Waals surface area contributed by atoms with Crippen molar-refractivity contribution < 1.29 is 9.62 Å². The molecular weight excluding hydrogens is 270 g/mol. The SMILES string of the molecule is Cc1cc(Br)ccc1-c1ccc(/C=N/O)o1. The molecule has 0 saturated heterocycles. The molecule has 0 amide bonds. The Balaban J connectivity index is 2.42. The predicted octanol–water partition coefficient (Wildman–Crippen LogP) is 3.83. The highest BCUT2D eigenvalue weighted by atomic mass is 79.9. The smallest absolute Gasteiger partial charge is 0.149 e. The summed E-state index contributed by atoms with van der Waals surface area (Å²) in [5, 5.41) is 11.3. The predicted molar refractivity (Wildman–Crippen MR) is 66.0 cm³/mol. The van der Waals surface area contributed by atoms with E-state index in [2.05, 4.69) is 21.1 Å². The molecular formula is C12H10BrNO2. The zero-order valence-corrected chi connectivity index (χ0v) is 10.2. The maximum atomic E-state index is 8.39. The summed E-state index contributed by atoms with van der Waals surface area (Å²) in [6.45, 7) is 2.02. The lowest BCUT2D eigenvalue weighted by molar-refractivity contribution is 0.321. The van der Waals surface area contributed by atoms with E-state index in [9.17, 15) is 0 Å². The lowest BCUT2D eigenvalue weighted by Crippen LogP contribution is -1.80. The van der Waals surface area contributed by atoms with E-state index in [0.29, 0.717) is 5.76 Å². The van der Waals surface area contributed by atoms with Crippen LogP contribution in [0, 0.1) is 6.92 Å². The molecule has 1 aromatic heterocycles. The summed E-state index contributed by atoms with van der Waals surface area (Å²) >= 11 is 3.41. The zero-order valence-electron chi connectivity index (χ0n) is 8.64. The number of hydrogen-bond donors (Lipinski definition) is 1. The van der Waals surface area contributed by atoms with Crippen molar-refractivity contribution in [3.63, 3.8) is 0 Å². The molecule has 0 spiro atoms. The van der Waals surface area contributed by atoms with Crippen LogP contribution in [0.25, 0.3) is 11.3 Å². The Morgan fingerprint density at radius 2 is 2.12 bits per heavy atom. The summed E-state index contributed by atoms with van der Waals surface area (Å²) in [5.41, 5.74) is 2.15. The van der Waals surface area contributed by atoms with Crippen LogP contribution < -0.4 is 0 Å². The van der Waals surface area contributed by atoms with E-state index in [1.807, 2.05) is 31.2 Å². The second kappa shape index (κ2) is 4.53. The molecule has 0 saturated carbocycles. The van der Waals surface area contributed by atoms with Gasteiger partial charge in [-0.2, -0.15) is 0 Å². The van der Waals surface area contributed by atoms with Gasteiger partial charge in [0.15, 0.2) is 0 Å². The molecule has 0 unspecified atom stereocenters. The molecule has 2 aromatic rings. The van der Waals surface area contributed by atoms with Gasteiger partial charge in [-0.25, -0.2) is 0 Å². The van der Waals surface area contributed by atoms with Crippen LogP contribution in [0.4, 0.5) is 0 Å². The Morgan fingerprint density at radius 1 is 1.31 bits per heavy atom. The largest absolute Gasteiger partial charge is 0.455 e. The van der Waals surface area contributed by atoms with Gasteiger partial charge in [-0.1, -0.05) is 21.1 Å². The normalized spacial score (nSPS) is 11.1. The maximum Gasteiger partial charge on any atom is 0.149 e.